The minimum absolute atomic E-state index is 0.0226. The molecule has 0 bridgehead atoms. The number of rotatable bonds is 4. The molecule has 1 aromatic rings. The molecule has 0 atom stereocenters. The number of carboxylic acids is 1. The molecule has 90 valence electrons. The van der Waals surface area contributed by atoms with Gasteiger partial charge in [0.15, 0.2) is 5.15 Å². The Morgan fingerprint density at radius 2 is 2.35 bits per heavy atom. The zero-order valence-corrected chi connectivity index (χ0v) is 9.40. The van der Waals surface area contributed by atoms with Gasteiger partial charge in [-0.05, 0) is 6.07 Å². The smallest absolute Gasteiger partial charge is 0.412 e. The number of anilines is 1. The van der Waals surface area contributed by atoms with Crippen LogP contribution in [0.1, 0.15) is 10.4 Å². The third-order valence-electron chi connectivity index (χ3n) is 1.66. The predicted molar refractivity (Wildman–Crippen MR) is 61.4 cm³/mol. The van der Waals surface area contributed by atoms with Crippen molar-refractivity contribution in [2.75, 3.05) is 11.9 Å². The minimum Gasteiger partial charge on any atom is -0.478 e. The van der Waals surface area contributed by atoms with Gasteiger partial charge in [-0.25, -0.2) is 14.6 Å². The van der Waals surface area contributed by atoms with E-state index in [1.54, 1.807) is 0 Å². The second kappa shape index (κ2) is 5.86. The first kappa shape index (κ1) is 13.0. The van der Waals surface area contributed by atoms with Gasteiger partial charge in [-0.1, -0.05) is 24.3 Å². The van der Waals surface area contributed by atoms with Gasteiger partial charge in [-0.3, -0.25) is 5.32 Å². The van der Waals surface area contributed by atoms with E-state index >= 15 is 0 Å². The second-order valence-electron chi connectivity index (χ2n) is 2.88. The number of aromatic nitrogens is 1. The van der Waals surface area contributed by atoms with E-state index in [2.05, 4.69) is 21.6 Å². The molecule has 6 nitrogen and oxygen atoms in total. The third kappa shape index (κ3) is 3.76. The van der Waals surface area contributed by atoms with Crippen LogP contribution in [0.25, 0.3) is 0 Å². The Balaban J connectivity index is 2.82. The number of pyridine rings is 1. The lowest BCUT2D eigenvalue weighted by molar-refractivity contribution is 0.0696. The van der Waals surface area contributed by atoms with Gasteiger partial charge in [0.1, 0.15) is 6.61 Å². The van der Waals surface area contributed by atoms with Gasteiger partial charge in [0.25, 0.3) is 0 Å². The second-order valence-corrected chi connectivity index (χ2v) is 3.24. The quantitative estimate of drug-likeness (QED) is 0.637. The standard InChI is InChI=1S/C10H9ClN2O4/c1-2-3-17-10(16)13-7-4-6(9(14)15)5-12-8(7)11/h2,4-5H,1,3H2,(H,13,16)(H,14,15). The summed E-state index contributed by atoms with van der Waals surface area (Å²) in [6, 6.07) is 1.19. The van der Waals surface area contributed by atoms with Crippen LogP contribution in [0.15, 0.2) is 24.9 Å². The Labute approximate surface area is 102 Å². The number of carboxylic acid groups (broad SMARTS) is 1. The Morgan fingerprint density at radius 3 is 2.94 bits per heavy atom. The molecule has 0 unspecified atom stereocenters. The number of amides is 1. The van der Waals surface area contributed by atoms with E-state index in [-0.39, 0.29) is 23.0 Å². The highest BCUT2D eigenvalue weighted by molar-refractivity contribution is 6.32. The van der Waals surface area contributed by atoms with E-state index in [9.17, 15) is 9.59 Å². The molecule has 1 aromatic heterocycles. The molecule has 0 aromatic carbocycles. The lowest BCUT2D eigenvalue weighted by Gasteiger charge is -2.07. The van der Waals surface area contributed by atoms with Gasteiger partial charge in [0, 0.05) is 6.20 Å². The van der Waals surface area contributed by atoms with E-state index in [1.165, 1.54) is 12.1 Å². The predicted octanol–water partition coefficient (Wildman–Crippen LogP) is 2.17. The van der Waals surface area contributed by atoms with Crippen LogP contribution in [-0.2, 0) is 4.74 Å². The first-order valence-corrected chi connectivity index (χ1v) is 4.86. The van der Waals surface area contributed by atoms with E-state index in [0.717, 1.165) is 6.20 Å². The van der Waals surface area contributed by atoms with Crippen molar-refractivity contribution in [2.45, 2.75) is 0 Å². The molecule has 0 fully saturated rings. The first-order valence-electron chi connectivity index (χ1n) is 4.48. The van der Waals surface area contributed by atoms with Crippen molar-refractivity contribution in [1.82, 2.24) is 4.98 Å². The van der Waals surface area contributed by atoms with Crippen molar-refractivity contribution in [3.63, 3.8) is 0 Å². The molecule has 0 radical (unpaired) electrons. The molecule has 0 spiro atoms. The summed E-state index contributed by atoms with van der Waals surface area (Å²) in [7, 11) is 0. The Kier molecular flexibility index (Phi) is 4.47. The van der Waals surface area contributed by atoms with Gasteiger partial charge in [0.05, 0.1) is 11.3 Å². The topological polar surface area (TPSA) is 88.5 Å². The zero-order valence-electron chi connectivity index (χ0n) is 8.64. The average molecular weight is 257 g/mol. The van der Waals surface area contributed by atoms with E-state index < -0.39 is 12.1 Å². The Morgan fingerprint density at radius 1 is 1.65 bits per heavy atom. The highest BCUT2D eigenvalue weighted by Gasteiger charge is 2.11. The number of carbonyl (C=O) groups excluding carboxylic acids is 1. The fourth-order valence-electron chi connectivity index (χ4n) is 0.933. The molecule has 1 rings (SSSR count). The molecule has 1 heterocycles. The first-order chi connectivity index (χ1) is 8.04. The summed E-state index contributed by atoms with van der Waals surface area (Å²) in [4.78, 5) is 25.5. The Hall–Kier alpha value is -2.08. The minimum atomic E-state index is -1.17. The van der Waals surface area contributed by atoms with Gasteiger partial charge in [0.2, 0.25) is 0 Å². The fraction of sp³-hybridized carbons (Fsp3) is 0.100. The van der Waals surface area contributed by atoms with Crippen LogP contribution >= 0.6 is 11.6 Å². The fourth-order valence-corrected chi connectivity index (χ4v) is 1.08. The van der Waals surface area contributed by atoms with Crippen LogP contribution in [0.2, 0.25) is 5.15 Å². The van der Waals surface area contributed by atoms with Crippen molar-refractivity contribution in [2.24, 2.45) is 0 Å². The van der Waals surface area contributed by atoms with Crippen LogP contribution in [0.4, 0.5) is 10.5 Å². The summed E-state index contributed by atoms with van der Waals surface area (Å²) in [6.45, 7) is 3.41. The van der Waals surface area contributed by atoms with Gasteiger partial charge in [-0.15, -0.1) is 0 Å². The van der Waals surface area contributed by atoms with E-state index in [0.29, 0.717) is 0 Å². The summed E-state index contributed by atoms with van der Waals surface area (Å²) >= 11 is 5.68. The largest absolute Gasteiger partial charge is 0.478 e. The lowest BCUT2D eigenvalue weighted by Crippen LogP contribution is -2.14. The number of hydrogen-bond acceptors (Lipinski definition) is 4. The summed E-state index contributed by atoms with van der Waals surface area (Å²) < 4.78 is 4.65. The van der Waals surface area contributed by atoms with Crippen LogP contribution < -0.4 is 5.32 Å². The van der Waals surface area contributed by atoms with Gasteiger partial charge in [-0.2, -0.15) is 0 Å². The van der Waals surface area contributed by atoms with Crippen molar-refractivity contribution in [3.05, 3.63) is 35.6 Å². The van der Waals surface area contributed by atoms with Gasteiger partial charge < -0.3 is 9.84 Å². The summed E-state index contributed by atoms with van der Waals surface area (Å²) in [5.74, 6) is -1.17. The summed E-state index contributed by atoms with van der Waals surface area (Å²) in [6.07, 6.45) is 1.72. The molecular weight excluding hydrogens is 248 g/mol. The van der Waals surface area contributed by atoms with Crippen LogP contribution in [0.5, 0.6) is 0 Å². The molecule has 7 heteroatoms. The number of halogens is 1. The molecular formula is C10H9ClN2O4. The van der Waals surface area contributed by atoms with E-state index in [4.69, 9.17) is 16.7 Å². The highest BCUT2D eigenvalue weighted by Crippen LogP contribution is 2.20. The van der Waals surface area contributed by atoms with E-state index in [1.807, 2.05) is 0 Å². The maximum Gasteiger partial charge on any atom is 0.412 e. The summed E-state index contributed by atoms with van der Waals surface area (Å²) in [5, 5.41) is 11.0. The van der Waals surface area contributed by atoms with Crippen LogP contribution in [-0.4, -0.2) is 28.8 Å². The van der Waals surface area contributed by atoms with Crippen LogP contribution in [0, 0.1) is 0 Å². The van der Waals surface area contributed by atoms with Crippen LogP contribution in [0.3, 0.4) is 0 Å². The maximum atomic E-state index is 11.2. The third-order valence-corrected chi connectivity index (χ3v) is 1.96. The average Bonchev–Trinajstić information content (AvgIpc) is 2.29. The number of nitrogens with one attached hydrogen (secondary N) is 1. The van der Waals surface area contributed by atoms with Crippen molar-refractivity contribution >= 4 is 29.4 Å². The molecule has 0 aliphatic heterocycles. The normalized spacial score (nSPS) is 9.47. The molecule has 0 saturated heterocycles. The van der Waals surface area contributed by atoms with Crippen molar-refractivity contribution < 1.29 is 19.4 Å². The summed E-state index contributed by atoms with van der Waals surface area (Å²) in [5.41, 5.74) is -0.0194. The van der Waals surface area contributed by atoms with Crippen molar-refractivity contribution in [1.29, 1.82) is 0 Å². The number of carbonyl (C=O) groups is 2. The number of nitrogens with zero attached hydrogens (tertiary/aromatic N) is 1. The monoisotopic (exact) mass is 256 g/mol. The molecule has 2 N–H and O–H groups in total. The number of hydrogen-bond donors (Lipinski definition) is 2. The van der Waals surface area contributed by atoms with Gasteiger partial charge >= 0.3 is 12.1 Å². The molecule has 1 amide bonds. The lowest BCUT2D eigenvalue weighted by atomic mass is 10.2. The number of aromatic carboxylic acids is 1. The highest BCUT2D eigenvalue weighted by atomic mass is 35.5. The molecule has 17 heavy (non-hydrogen) atoms. The zero-order chi connectivity index (χ0) is 12.8. The molecule has 0 aliphatic rings. The molecule has 0 saturated carbocycles. The maximum absolute atomic E-state index is 11.2. The SMILES string of the molecule is C=CCOC(=O)Nc1cc(C(=O)O)cnc1Cl. The number of ether oxygens (including phenoxy) is 1. The molecule has 0 aliphatic carbocycles. The Bertz CT molecular complexity index is 462. The van der Waals surface area contributed by atoms with Crippen molar-refractivity contribution in [3.8, 4) is 0 Å².